The fourth-order valence-electron chi connectivity index (χ4n) is 3.12. The molecule has 0 spiro atoms. The summed E-state index contributed by atoms with van der Waals surface area (Å²) in [5.74, 6) is 0. The van der Waals surface area contributed by atoms with E-state index < -0.39 is 0 Å². The molecular formula is C16H21N3. The number of hydrogen-bond donors (Lipinski definition) is 1. The van der Waals surface area contributed by atoms with E-state index in [1.54, 1.807) is 0 Å². The van der Waals surface area contributed by atoms with Crippen molar-refractivity contribution in [3.8, 4) is 6.07 Å². The topological polar surface area (TPSA) is 39.1 Å². The van der Waals surface area contributed by atoms with Crippen LogP contribution in [0.1, 0.15) is 31.7 Å². The largest absolute Gasteiger partial charge is 0.381 e. The van der Waals surface area contributed by atoms with Crippen LogP contribution in [0.15, 0.2) is 24.3 Å². The Bertz CT molecular complexity index is 470. The Morgan fingerprint density at radius 1 is 1.32 bits per heavy atom. The Balaban J connectivity index is 1.58. The minimum absolute atomic E-state index is 0.496. The van der Waals surface area contributed by atoms with Gasteiger partial charge < -0.3 is 5.32 Å². The molecule has 3 heteroatoms. The van der Waals surface area contributed by atoms with E-state index in [0.29, 0.717) is 18.5 Å². The van der Waals surface area contributed by atoms with Crippen LogP contribution in [0.5, 0.6) is 0 Å². The van der Waals surface area contributed by atoms with Crippen LogP contribution < -0.4 is 5.32 Å². The molecule has 19 heavy (non-hydrogen) atoms. The van der Waals surface area contributed by atoms with E-state index in [1.807, 2.05) is 12.1 Å². The Morgan fingerprint density at radius 3 is 2.68 bits per heavy atom. The second-order valence-corrected chi connectivity index (χ2v) is 5.89. The molecule has 1 saturated carbocycles. The quantitative estimate of drug-likeness (QED) is 0.899. The van der Waals surface area contributed by atoms with Gasteiger partial charge in [0.1, 0.15) is 0 Å². The molecule has 2 fully saturated rings. The summed E-state index contributed by atoms with van der Waals surface area (Å²) >= 11 is 0. The van der Waals surface area contributed by atoms with E-state index in [2.05, 4.69) is 35.3 Å². The number of nitrogens with zero attached hydrogens (tertiary/aromatic N) is 2. The second-order valence-electron chi connectivity index (χ2n) is 5.89. The first-order valence-corrected chi connectivity index (χ1v) is 7.24. The normalized spacial score (nSPS) is 27.2. The highest BCUT2D eigenvalue weighted by Crippen LogP contribution is 2.34. The van der Waals surface area contributed by atoms with Crippen molar-refractivity contribution in [2.24, 2.45) is 0 Å². The van der Waals surface area contributed by atoms with Gasteiger partial charge in [0.15, 0.2) is 0 Å². The van der Waals surface area contributed by atoms with Crippen molar-refractivity contribution < 1.29 is 0 Å². The van der Waals surface area contributed by atoms with Gasteiger partial charge in [-0.05, 0) is 43.9 Å². The maximum absolute atomic E-state index is 8.66. The fraction of sp³-hybridized carbons (Fsp3) is 0.562. The number of benzene rings is 1. The summed E-state index contributed by atoms with van der Waals surface area (Å²) < 4.78 is 0. The van der Waals surface area contributed by atoms with Crippen molar-refractivity contribution in [3.05, 3.63) is 29.8 Å². The lowest BCUT2D eigenvalue weighted by Gasteiger charge is -2.20. The van der Waals surface area contributed by atoms with E-state index in [0.717, 1.165) is 11.6 Å². The van der Waals surface area contributed by atoms with Crippen LogP contribution in [0.25, 0.3) is 0 Å². The zero-order chi connectivity index (χ0) is 13.2. The van der Waals surface area contributed by atoms with Crippen LogP contribution in [-0.4, -0.2) is 29.6 Å². The van der Waals surface area contributed by atoms with Gasteiger partial charge in [-0.1, -0.05) is 12.1 Å². The monoisotopic (exact) mass is 255 g/mol. The van der Waals surface area contributed by atoms with Crippen molar-refractivity contribution in [2.75, 3.05) is 11.9 Å². The van der Waals surface area contributed by atoms with Gasteiger partial charge >= 0.3 is 0 Å². The summed E-state index contributed by atoms with van der Waals surface area (Å²) in [7, 11) is 0. The van der Waals surface area contributed by atoms with Crippen molar-refractivity contribution in [1.82, 2.24) is 4.90 Å². The van der Waals surface area contributed by atoms with E-state index in [1.165, 1.54) is 31.5 Å². The van der Waals surface area contributed by atoms with Crippen LogP contribution in [0.2, 0.25) is 0 Å². The molecule has 1 aromatic carbocycles. The van der Waals surface area contributed by atoms with Gasteiger partial charge in [0.2, 0.25) is 0 Å². The molecule has 1 aromatic rings. The number of anilines is 1. The van der Waals surface area contributed by atoms with Gasteiger partial charge in [0.05, 0.1) is 12.5 Å². The summed E-state index contributed by atoms with van der Waals surface area (Å²) in [6.07, 6.45) is 4.51. The minimum Gasteiger partial charge on any atom is -0.381 e. The first-order chi connectivity index (χ1) is 9.26. The van der Waals surface area contributed by atoms with Crippen LogP contribution in [0, 0.1) is 11.3 Å². The SMILES string of the molecule is CC1CC(Nc2ccc(CC#N)cc2)CN1C1CC1. The third-order valence-electron chi connectivity index (χ3n) is 4.25. The molecule has 0 aromatic heterocycles. The molecule has 1 aliphatic carbocycles. The van der Waals surface area contributed by atoms with Crippen LogP contribution >= 0.6 is 0 Å². The molecule has 3 rings (SSSR count). The number of hydrogen-bond acceptors (Lipinski definition) is 3. The molecule has 1 aliphatic heterocycles. The number of rotatable bonds is 4. The highest BCUT2D eigenvalue weighted by atomic mass is 15.3. The van der Waals surface area contributed by atoms with E-state index in [-0.39, 0.29) is 0 Å². The lowest BCUT2D eigenvalue weighted by Crippen LogP contribution is -2.30. The maximum Gasteiger partial charge on any atom is 0.0669 e. The smallest absolute Gasteiger partial charge is 0.0669 e. The van der Waals surface area contributed by atoms with Crippen LogP contribution in [0.3, 0.4) is 0 Å². The van der Waals surface area contributed by atoms with Gasteiger partial charge in [0.25, 0.3) is 0 Å². The molecule has 0 radical (unpaired) electrons. The fourth-order valence-corrected chi connectivity index (χ4v) is 3.12. The molecule has 3 nitrogen and oxygen atoms in total. The number of likely N-dealkylation sites (tertiary alicyclic amines) is 1. The summed E-state index contributed by atoms with van der Waals surface area (Å²) in [6, 6.07) is 12.6. The Kier molecular flexibility index (Phi) is 3.44. The van der Waals surface area contributed by atoms with E-state index >= 15 is 0 Å². The van der Waals surface area contributed by atoms with Gasteiger partial charge in [0, 0.05) is 30.4 Å². The molecule has 2 atom stereocenters. The lowest BCUT2D eigenvalue weighted by molar-refractivity contribution is 0.257. The van der Waals surface area contributed by atoms with Crippen LogP contribution in [0.4, 0.5) is 5.69 Å². The van der Waals surface area contributed by atoms with E-state index in [9.17, 15) is 0 Å². The Morgan fingerprint density at radius 2 is 2.05 bits per heavy atom. The molecule has 0 amide bonds. The Hall–Kier alpha value is -1.53. The third kappa shape index (κ3) is 2.90. The molecule has 2 unspecified atom stereocenters. The summed E-state index contributed by atoms with van der Waals surface area (Å²) in [6.45, 7) is 3.52. The lowest BCUT2D eigenvalue weighted by atomic mass is 10.1. The van der Waals surface area contributed by atoms with E-state index in [4.69, 9.17) is 5.26 Å². The third-order valence-corrected chi connectivity index (χ3v) is 4.25. The number of nitrogens with one attached hydrogen (secondary N) is 1. The predicted octanol–water partition coefficient (Wildman–Crippen LogP) is 2.79. The molecular weight excluding hydrogens is 234 g/mol. The molecule has 1 saturated heterocycles. The molecule has 1 N–H and O–H groups in total. The van der Waals surface area contributed by atoms with Crippen molar-refractivity contribution in [3.63, 3.8) is 0 Å². The Labute approximate surface area is 115 Å². The van der Waals surface area contributed by atoms with Crippen LogP contribution in [-0.2, 0) is 6.42 Å². The first-order valence-electron chi connectivity index (χ1n) is 7.24. The molecule has 100 valence electrons. The summed E-state index contributed by atoms with van der Waals surface area (Å²) in [5, 5.41) is 12.3. The second kappa shape index (κ2) is 5.22. The van der Waals surface area contributed by atoms with Crippen molar-refractivity contribution in [2.45, 2.75) is 50.7 Å². The average Bonchev–Trinajstić information content (AvgIpc) is 3.17. The van der Waals surface area contributed by atoms with Crippen molar-refractivity contribution in [1.29, 1.82) is 5.26 Å². The van der Waals surface area contributed by atoms with Crippen molar-refractivity contribution >= 4 is 5.69 Å². The van der Waals surface area contributed by atoms with Gasteiger partial charge in [-0.3, -0.25) is 4.90 Å². The van der Waals surface area contributed by atoms with Gasteiger partial charge in [-0.15, -0.1) is 0 Å². The first kappa shape index (κ1) is 12.5. The number of nitriles is 1. The summed E-state index contributed by atoms with van der Waals surface area (Å²) in [4.78, 5) is 2.65. The molecule has 0 bridgehead atoms. The summed E-state index contributed by atoms with van der Waals surface area (Å²) in [5.41, 5.74) is 2.27. The standard InChI is InChI=1S/C16H21N3/c1-12-10-15(11-19(12)16-6-7-16)18-14-4-2-13(3-5-14)8-9-17/h2-5,12,15-16,18H,6-8,10-11H2,1H3. The minimum atomic E-state index is 0.496. The zero-order valence-corrected chi connectivity index (χ0v) is 11.5. The maximum atomic E-state index is 8.66. The highest BCUT2D eigenvalue weighted by Gasteiger charge is 2.38. The highest BCUT2D eigenvalue weighted by molar-refractivity contribution is 5.46. The van der Waals surface area contributed by atoms with Gasteiger partial charge in [-0.2, -0.15) is 5.26 Å². The molecule has 1 heterocycles. The average molecular weight is 255 g/mol. The molecule has 2 aliphatic rings. The van der Waals surface area contributed by atoms with Gasteiger partial charge in [-0.25, -0.2) is 0 Å². The predicted molar refractivity (Wildman–Crippen MR) is 77.0 cm³/mol. The zero-order valence-electron chi connectivity index (χ0n) is 11.5.